The maximum atomic E-state index is 12.5. The molecule has 0 bridgehead atoms. The molecule has 56 valence electrons. The zero-order valence-electron chi connectivity index (χ0n) is 5.92. The standard InChI is InChI=1S/C8H11FO/c1-2-6-3-4-7(9)8(10)5-6/h3-5,7-8,10H,2H2,1H3/t7?,8-/m0/s1. The van der Waals surface area contributed by atoms with Crippen molar-refractivity contribution in [3.63, 3.8) is 0 Å². The van der Waals surface area contributed by atoms with Crippen LogP contribution in [0.25, 0.3) is 0 Å². The minimum atomic E-state index is -1.21. The summed E-state index contributed by atoms with van der Waals surface area (Å²) in [7, 11) is 0. The molecule has 0 aromatic carbocycles. The van der Waals surface area contributed by atoms with Crippen LogP contribution in [0.15, 0.2) is 23.8 Å². The lowest BCUT2D eigenvalue weighted by atomic mass is 10.0. The molecule has 0 fully saturated rings. The average Bonchev–Trinajstić information content (AvgIpc) is 1.95. The van der Waals surface area contributed by atoms with Gasteiger partial charge in [-0.05, 0) is 24.1 Å². The lowest BCUT2D eigenvalue weighted by Gasteiger charge is -2.13. The Balaban J connectivity index is 2.66. The molecule has 1 aliphatic rings. The van der Waals surface area contributed by atoms with Crippen LogP contribution >= 0.6 is 0 Å². The highest BCUT2D eigenvalue weighted by molar-refractivity contribution is 5.26. The van der Waals surface area contributed by atoms with Crippen LogP contribution < -0.4 is 0 Å². The molecule has 0 saturated heterocycles. The summed E-state index contributed by atoms with van der Waals surface area (Å²) in [6, 6.07) is 0. The van der Waals surface area contributed by atoms with E-state index in [0.717, 1.165) is 12.0 Å². The first-order chi connectivity index (χ1) is 4.74. The van der Waals surface area contributed by atoms with E-state index in [9.17, 15) is 4.39 Å². The molecule has 0 saturated carbocycles. The Kier molecular flexibility index (Phi) is 2.22. The molecule has 2 heteroatoms. The number of halogens is 1. The van der Waals surface area contributed by atoms with Crippen LogP contribution in [0, 0.1) is 0 Å². The van der Waals surface area contributed by atoms with Crippen molar-refractivity contribution in [2.45, 2.75) is 25.6 Å². The van der Waals surface area contributed by atoms with Gasteiger partial charge >= 0.3 is 0 Å². The van der Waals surface area contributed by atoms with Crippen LogP contribution in [0.4, 0.5) is 4.39 Å². The Morgan fingerprint density at radius 3 is 2.90 bits per heavy atom. The molecule has 0 aromatic rings. The molecule has 0 spiro atoms. The fourth-order valence-corrected chi connectivity index (χ4v) is 0.932. The number of allylic oxidation sites excluding steroid dienone is 2. The molecule has 0 amide bonds. The van der Waals surface area contributed by atoms with E-state index in [1.165, 1.54) is 6.08 Å². The van der Waals surface area contributed by atoms with E-state index in [2.05, 4.69) is 0 Å². The SMILES string of the molecule is CCC1=C[C@H](O)C(F)C=C1. The van der Waals surface area contributed by atoms with Crippen molar-refractivity contribution in [3.8, 4) is 0 Å². The summed E-state index contributed by atoms with van der Waals surface area (Å²) in [6.07, 6.45) is 3.38. The number of hydrogen-bond acceptors (Lipinski definition) is 1. The highest BCUT2D eigenvalue weighted by atomic mass is 19.1. The van der Waals surface area contributed by atoms with Crippen molar-refractivity contribution in [3.05, 3.63) is 23.8 Å². The van der Waals surface area contributed by atoms with Gasteiger partial charge < -0.3 is 5.11 Å². The van der Waals surface area contributed by atoms with Gasteiger partial charge in [0.05, 0.1) is 0 Å². The summed E-state index contributed by atoms with van der Waals surface area (Å²) in [5, 5.41) is 8.98. The van der Waals surface area contributed by atoms with Crippen LogP contribution in [-0.4, -0.2) is 17.4 Å². The van der Waals surface area contributed by atoms with Gasteiger partial charge in [0.2, 0.25) is 0 Å². The second-order valence-electron chi connectivity index (χ2n) is 2.39. The van der Waals surface area contributed by atoms with Gasteiger partial charge in [-0.25, -0.2) is 4.39 Å². The summed E-state index contributed by atoms with van der Waals surface area (Å²) in [5.74, 6) is 0. The van der Waals surface area contributed by atoms with Crippen molar-refractivity contribution in [2.24, 2.45) is 0 Å². The summed E-state index contributed by atoms with van der Waals surface area (Å²) in [6.45, 7) is 1.97. The fourth-order valence-electron chi connectivity index (χ4n) is 0.932. The highest BCUT2D eigenvalue weighted by Crippen LogP contribution is 2.15. The highest BCUT2D eigenvalue weighted by Gasteiger charge is 2.15. The predicted molar refractivity (Wildman–Crippen MR) is 38.4 cm³/mol. The van der Waals surface area contributed by atoms with Crippen LogP contribution in [0.1, 0.15) is 13.3 Å². The average molecular weight is 142 g/mol. The second kappa shape index (κ2) is 2.97. The first kappa shape index (κ1) is 7.48. The Morgan fingerprint density at radius 1 is 1.70 bits per heavy atom. The normalized spacial score (nSPS) is 32.1. The van der Waals surface area contributed by atoms with Gasteiger partial charge in [-0.1, -0.05) is 13.0 Å². The Labute approximate surface area is 59.9 Å². The van der Waals surface area contributed by atoms with E-state index in [-0.39, 0.29) is 0 Å². The minimum absolute atomic E-state index is 0.847. The molecule has 2 atom stereocenters. The van der Waals surface area contributed by atoms with Crippen LogP contribution in [0.2, 0.25) is 0 Å². The number of aliphatic hydroxyl groups excluding tert-OH is 1. The second-order valence-corrected chi connectivity index (χ2v) is 2.39. The van der Waals surface area contributed by atoms with Gasteiger partial charge in [0.15, 0.2) is 0 Å². The third-order valence-electron chi connectivity index (χ3n) is 1.61. The van der Waals surface area contributed by atoms with Gasteiger partial charge in [0.1, 0.15) is 12.3 Å². The van der Waals surface area contributed by atoms with E-state index < -0.39 is 12.3 Å². The molecule has 1 N–H and O–H groups in total. The topological polar surface area (TPSA) is 20.2 Å². The molecule has 1 aliphatic carbocycles. The molecule has 0 heterocycles. The van der Waals surface area contributed by atoms with Crippen molar-refractivity contribution >= 4 is 0 Å². The van der Waals surface area contributed by atoms with Gasteiger partial charge in [-0.3, -0.25) is 0 Å². The predicted octanol–water partition coefficient (Wildman–Crippen LogP) is 1.59. The summed E-state index contributed by atoms with van der Waals surface area (Å²) >= 11 is 0. The molecule has 1 rings (SSSR count). The molecule has 0 aliphatic heterocycles. The molecule has 1 nitrogen and oxygen atoms in total. The Hall–Kier alpha value is -0.630. The van der Waals surface area contributed by atoms with E-state index in [0.29, 0.717) is 0 Å². The Bertz CT molecular complexity index is 172. The first-order valence-corrected chi connectivity index (χ1v) is 3.45. The maximum absolute atomic E-state index is 12.5. The minimum Gasteiger partial charge on any atom is -0.386 e. The summed E-state index contributed by atoms with van der Waals surface area (Å²) in [5.41, 5.74) is 1.00. The molecule has 10 heavy (non-hydrogen) atoms. The Morgan fingerprint density at radius 2 is 2.40 bits per heavy atom. The van der Waals surface area contributed by atoms with Crippen LogP contribution in [0.5, 0.6) is 0 Å². The third-order valence-corrected chi connectivity index (χ3v) is 1.61. The molecule has 0 aromatic heterocycles. The smallest absolute Gasteiger partial charge is 0.148 e. The number of aliphatic hydroxyl groups is 1. The number of hydrogen-bond donors (Lipinski definition) is 1. The van der Waals surface area contributed by atoms with E-state index >= 15 is 0 Å². The molecule has 0 radical (unpaired) electrons. The van der Waals surface area contributed by atoms with Crippen molar-refractivity contribution < 1.29 is 9.50 Å². The van der Waals surface area contributed by atoms with E-state index in [1.54, 1.807) is 12.2 Å². The number of alkyl halides is 1. The number of rotatable bonds is 1. The summed E-state index contributed by atoms with van der Waals surface area (Å²) < 4.78 is 12.5. The van der Waals surface area contributed by atoms with E-state index in [1.807, 2.05) is 6.92 Å². The zero-order valence-corrected chi connectivity index (χ0v) is 5.92. The van der Waals surface area contributed by atoms with Crippen LogP contribution in [-0.2, 0) is 0 Å². The molecule has 1 unspecified atom stereocenters. The molecular formula is C8H11FO. The monoisotopic (exact) mass is 142 g/mol. The van der Waals surface area contributed by atoms with Crippen molar-refractivity contribution in [1.29, 1.82) is 0 Å². The quantitative estimate of drug-likeness (QED) is 0.589. The van der Waals surface area contributed by atoms with Gasteiger partial charge in [-0.15, -0.1) is 0 Å². The van der Waals surface area contributed by atoms with Gasteiger partial charge in [0, 0.05) is 0 Å². The lowest BCUT2D eigenvalue weighted by Crippen LogP contribution is -2.19. The van der Waals surface area contributed by atoms with Gasteiger partial charge in [0.25, 0.3) is 0 Å². The first-order valence-electron chi connectivity index (χ1n) is 3.45. The third kappa shape index (κ3) is 1.45. The molecular weight excluding hydrogens is 131 g/mol. The maximum Gasteiger partial charge on any atom is 0.148 e. The largest absolute Gasteiger partial charge is 0.386 e. The van der Waals surface area contributed by atoms with Crippen LogP contribution in [0.3, 0.4) is 0 Å². The van der Waals surface area contributed by atoms with Gasteiger partial charge in [-0.2, -0.15) is 0 Å². The summed E-state index contributed by atoms with van der Waals surface area (Å²) in [4.78, 5) is 0. The fraction of sp³-hybridized carbons (Fsp3) is 0.500. The zero-order chi connectivity index (χ0) is 7.56. The van der Waals surface area contributed by atoms with Crippen molar-refractivity contribution in [1.82, 2.24) is 0 Å². The van der Waals surface area contributed by atoms with Crippen molar-refractivity contribution in [2.75, 3.05) is 0 Å². The lowest BCUT2D eigenvalue weighted by molar-refractivity contribution is 0.141. The van der Waals surface area contributed by atoms with E-state index in [4.69, 9.17) is 5.11 Å².